The number of amides is 2. The van der Waals surface area contributed by atoms with E-state index in [4.69, 9.17) is 4.74 Å². The average Bonchev–Trinajstić information content (AvgIpc) is 2.49. The zero-order valence-corrected chi connectivity index (χ0v) is 14.5. The van der Waals surface area contributed by atoms with E-state index in [2.05, 4.69) is 42.2 Å². The Morgan fingerprint density at radius 1 is 1.13 bits per heavy atom. The second kappa shape index (κ2) is 8.41. The van der Waals surface area contributed by atoms with Crippen LogP contribution in [0.1, 0.15) is 31.9 Å². The topological polar surface area (TPSA) is 76.7 Å². The van der Waals surface area contributed by atoms with E-state index in [-0.39, 0.29) is 17.9 Å². The summed E-state index contributed by atoms with van der Waals surface area (Å²) in [6.45, 7) is 8.89. The van der Waals surface area contributed by atoms with Crippen LogP contribution in [0.5, 0.6) is 5.75 Å². The fourth-order valence-corrected chi connectivity index (χ4v) is 1.99. The first-order chi connectivity index (χ1) is 10.7. The average molecular weight is 322 g/mol. The summed E-state index contributed by atoms with van der Waals surface area (Å²) < 4.78 is 10.1. The molecule has 0 fully saturated rings. The lowest BCUT2D eigenvalue weighted by Gasteiger charge is -2.23. The summed E-state index contributed by atoms with van der Waals surface area (Å²) in [6, 6.07) is 5.93. The standard InChI is InChI=1S/C17H26N2O4/c1-12-6-7-14(13(10-12)17(2,3)4)23-11-15(20)18-8-9-19-16(21)22-5/h6-7,10H,8-9,11H2,1-5H3,(H,18,20)(H,19,21). The van der Waals surface area contributed by atoms with Crippen molar-refractivity contribution in [2.24, 2.45) is 0 Å². The number of hydrogen-bond donors (Lipinski definition) is 2. The van der Waals surface area contributed by atoms with Crippen molar-refractivity contribution in [1.29, 1.82) is 0 Å². The van der Waals surface area contributed by atoms with Crippen LogP contribution in [0, 0.1) is 6.92 Å². The molecule has 128 valence electrons. The van der Waals surface area contributed by atoms with Gasteiger partial charge in [0, 0.05) is 13.1 Å². The van der Waals surface area contributed by atoms with Crippen molar-refractivity contribution in [3.05, 3.63) is 29.3 Å². The molecule has 1 aromatic carbocycles. The van der Waals surface area contributed by atoms with Gasteiger partial charge in [0.1, 0.15) is 5.75 Å². The zero-order chi connectivity index (χ0) is 17.5. The van der Waals surface area contributed by atoms with Crippen molar-refractivity contribution in [2.45, 2.75) is 33.1 Å². The first-order valence-corrected chi connectivity index (χ1v) is 7.56. The van der Waals surface area contributed by atoms with E-state index in [1.165, 1.54) is 7.11 Å². The first kappa shape index (κ1) is 18.8. The molecule has 0 saturated heterocycles. The molecule has 1 rings (SSSR count). The molecule has 0 heterocycles. The molecule has 0 aliphatic carbocycles. The van der Waals surface area contributed by atoms with Gasteiger partial charge in [-0.2, -0.15) is 0 Å². The molecule has 0 atom stereocenters. The number of aryl methyl sites for hydroxylation is 1. The van der Waals surface area contributed by atoms with E-state index >= 15 is 0 Å². The summed E-state index contributed by atoms with van der Waals surface area (Å²) >= 11 is 0. The largest absolute Gasteiger partial charge is 0.483 e. The minimum Gasteiger partial charge on any atom is -0.483 e. The number of nitrogens with one attached hydrogen (secondary N) is 2. The van der Waals surface area contributed by atoms with E-state index in [1.807, 2.05) is 19.1 Å². The Kier molecular flexibility index (Phi) is 6.88. The Morgan fingerprint density at radius 2 is 1.78 bits per heavy atom. The van der Waals surface area contributed by atoms with Gasteiger partial charge in [0.25, 0.3) is 5.91 Å². The van der Waals surface area contributed by atoms with Crippen molar-refractivity contribution in [3.8, 4) is 5.75 Å². The number of rotatable bonds is 6. The van der Waals surface area contributed by atoms with Gasteiger partial charge in [-0.15, -0.1) is 0 Å². The SMILES string of the molecule is COC(=O)NCCNC(=O)COc1ccc(C)cc1C(C)(C)C. The molecule has 0 radical (unpaired) electrons. The van der Waals surface area contributed by atoms with Crippen LogP contribution in [0.2, 0.25) is 0 Å². The maximum absolute atomic E-state index is 11.8. The highest BCUT2D eigenvalue weighted by Crippen LogP contribution is 2.32. The molecule has 0 spiro atoms. The lowest BCUT2D eigenvalue weighted by atomic mass is 9.85. The molecule has 0 saturated carbocycles. The molecule has 2 N–H and O–H groups in total. The fraction of sp³-hybridized carbons (Fsp3) is 0.529. The third-order valence-corrected chi connectivity index (χ3v) is 3.20. The molecule has 0 unspecified atom stereocenters. The Bertz CT molecular complexity index is 550. The molecule has 23 heavy (non-hydrogen) atoms. The van der Waals surface area contributed by atoms with Gasteiger partial charge >= 0.3 is 6.09 Å². The van der Waals surface area contributed by atoms with E-state index in [0.717, 1.165) is 11.1 Å². The van der Waals surface area contributed by atoms with E-state index < -0.39 is 6.09 Å². The Hall–Kier alpha value is -2.24. The van der Waals surface area contributed by atoms with Crippen molar-refractivity contribution in [3.63, 3.8) is 0 Å². The van der Waals surface area contributed by atoms with Gasteiger partial charge in [0.2, 0.25) is 0 Å². The van der Waals surface area contributed by atoms with Crippen LogP contribution in [-0.4, -0.2) is 38.8 Å². The van der Waals surface area contributed by atoms with Gasteiger partial charge in [-0.05, 0) is 24.0 Å². The van der Waals surface area contributed by atoms with Crippen LogP contribution in [0.3, 0.4) is 0 Å². The number of carbonyl (C=O) groups is 2. The van der Waals surface area contributed by atoms with E-state index in [0.29, 0.717) is 18.8 Å². The lowest BCUT2D eigenvalue weighted by molar-refractivity contribution is -0.123. The van der Waals surface area contributed by atoms with Gasteiger partial charge in [-0.1, -0.05) is 38.5 Å². The molecule has 0 aliphatic rings. The predicted octanol–water partition coefficient (Wildman–Crippen LogP) is 2.14. The molecule has 0 bridgehead atoms. The van der Waals surface area contributed by atoms with Crippen LogP contribution in [0.4, 0.5) is 4.79 Å². The lowest BCUT2D eigenvalue weighted by Crippen LogP contribution is -2.36. The summed E-state index contributed by atoms with van der Waals surface area (Å²) in [6.07, 6.45) is -0.523. The van der Waals surface area contributed by atoms with Crippen molar-refractivity contribution in [2.75, 3.05) is 26.8 Å². The molecular formula is C17H26N2O4. The number of benzene rings is 1. The Labute approximate surface area is 137 Å². The number of hydrogen-bond acceptors (Lipinski definition) is 4. The second-order valence-corrected chi connectivity index (χ2v) is 6.31. The summed E-state index contributed by atoms with van der Waals surface area (Å²) in [7, 11) is 1.29. The van der Waals surface area contributed by atoms with E-state index in [1.54, 1.807) is 0 Å². The maximum atomic E-state index is 11.8. The van der Waals surface area contributed by atoms with Gasteiger partial charge in [-0.25, -0.2) is 4.79 Å². The molecule has 2 amide bonds. The second-order valence-electron chi connectivity index (χ2n) is 6.31. The minimum atomic E-state index is -0.523. The summed E-state index contributed by atoms with van der Waals surface area (Å²) in [5, 5.41) is 5.15. The van der Waals surface area contributed by atoms with Crippen LogP contribution in [0.25, 0.3) is 0 Å². The van der Waals surface area contributed by atoms with E-state index in [9.17, 15) is 9.59 Å². The third kappa shape index (κ3) is 6.59. The van der Waals surface area contributed by atoms with Crippen LogP contribution in [-0.2, 0) is 14.9 Å². The van der Waals surface area contributed by atoms with Crippen LogP contribution in [0.15, 0.2) is 18.2 Å². The van der Waals surface area contributed by atoms with Gasteiger partial charge < -0.3 is 20.1 Å². The highest BCUT2D eigenvalue weighted by atomic mass is 16.5. The highest BCUT2D eigenvalue weighted by molar-refractivity contribution is 5.77. The zero-order valence-electron chi connectivity index (χ0n) is 14.5. The minimum absolute atomic E-state index is 0.0651. The van der Waals surface area contributed by atoms with Gasteiger partial charge in [-0.3, -0.25) is 4.79 Å². The normalized spacial score (nSPS) is 10.8. The highest BCUT2D eigenvalue weighted by Gasteiger charge is 2.19. The molecule has 0 aliphatic heterocycles. The van der Waals surface area contributed by atoms with Crippen LogP contribution < -0.4 is 15.4 Å². The quantitative estimate of drug-likeness (QED) is 0.787. The third-order valence-electron chi connectivity index (χ3n) is 3.20. The van der Waals surface area contributed by atoms with Crippen molar-refractivity contribution < 1.29 is 19.1 Å². The monoisotopic (exact) mass is 322 g/mol. The van der Waals surface area contributed by atoms with Gasteiger partial charge in [0.05, 0.1) is 7.11 Å². The van der Waals surface area contributed by atoms with Crippen molar-refractivity contribution >= 4 is 12.0 Å². The maximum Gasteiger partial charge on any atom is 0.406 e. The summed E-state index contributed by atoms with van der Waals surface area (Å²) in [5.41, 5.74) is 2.15. The predicted molar refractivity (Wildman–Crippen MR) is 88.8 cm³/mol. The molecule has 6 nitrogen and oxygen atoms in total. The molecule has 0 aromatic heterocycles. The smallest absolute Gasteiger partial charge is 0.406 e. The molecular weight excluding hydrogens is 296 g/mol. The number of methoxy groups -OCH3 is 1. The number of carbonyl (C=O) groups excluding carboxylic acids is 2. The van der Waals surface area contributed by atoms with Crippen molar-refractivity contribution in [1.82, 2.24) is 10.6 Å². The Balaban J connectivity index is 2.49. The number of ether oxygens (including phenoxy) is 2. The van der Waals surface area contributed by atoms with Crippen LogP contribution >= 0.6 is 0 Å². The Morgan fingerprint density at radius 3 is 2.39 bits per heavy atom. The molecule has 1 aromatic rings. The summed E-state index contributed by atoms with van der Waals surface area (Å²) in [4.78, 5) is 22.6. The number of alkyl carbamates (subject to hydrolysis) is 1. The summed E-state index contributed by atoms with van der Waals surface area (Å²) in [5.74, 6) is 0.475. The fourth-order valence-electron chi connectivity index (χ4n) is 1.99. The first-order valence-electron chi connectivity index (χ1n) is 7.56. The molecule has 6 heteroatoms. The van der Waals surface area contributed by atoms with Gasteiger partial charge in [0.15, 0.2) is 6.61 Å².